The van der Waals surface area contributed by atoms with Gasteiger partial charge in [0.15, 0.2) is 0 Å². The molecule has 0 saturated carbocycles. The van der Waals surface area contributed by atoms with Crippen LogP contribution in [0.4, 0.5) is 35.4 Å². The minimum absolute atomic E-state index is 0.0582. The number of likely N-dealkylation sites (N-methyl/N-ethyl adjacent to an activating group) is 1. The second kappa shape index (κ2) is 10.3. The maximum absolute atomic E-state index is 13.5. The summed E-state index contributed by atoms with van der Waals surface area (Å²) < 4.78 is 42.5. The highest BCUT2D eigenvalue weighted by atomic mass is 19.4. The largest absolute Gasteiger partial charge is 0.421 e. The lowest BCUT2D eigenvalue weighted by molar-refractivity contribution is -0.137. The molecule has 192 valence electrons. The van der Waals surface area contributed by atoms with Crippen molar-refractivity contribution in [2.75, 3.05) is 64.0 Å². The third-order valence-corrected chi connectivity index (χ3v) is 6.52. The van der Waals surface area contributed by atoms with Crippen molar-refractivity contribution in [1.29, 1.82) is 0 Å². The van der Waals surface area contributed by atoms with Crippen LogP contribution in [0, 0.1) is 6.92 Å². The quantitative estimate of drug-likeness (QED) is 0.543. The Morgan fingerprint density at radius 3 is 2.54 bits per heavy atom. The van der Waals surface area contributed by atoms with Gasteiger partial charge in [-0.3, -0.25) is 4.68 Å². The van der Waals surface area contributed by atoms with E-state index in [0.29, 0.717) is 31.7 Å². The summed E-state index contributed by atoms with van der Waals surface area (Å²) >= 11 is 0. The lowest BCUT2D eigenvalue weighted by Crippen LogP contribution is -2.31. The van der Waals surface area contributed by atoms with Gasteiger partial charge in [-0.1, -0.05) is 0 Å². The van der Waals surface area contributed by atoms with E-state index < -0.39 is 11.7 Å². The Morgan fingerprint density at radius 2 is 1.89 bits per heavy atom. The molecule has 2 aliphatic rings. The van der Waals surface area contributed by atoms with Crippen molar-refractivity contribution < 1.29 is 18.0 Å². The highest BCUT2D eigenvalue weighted by Gasteiger charge is 2.35. The molecule has 0 aliphatic carbocycles. The Bertz CT molecular complexity index is 1030. The average molecular weight is 496 g/mol. The van der Waals surface area contributed by atoms with Crippen LogP contribution in [0.15, 0.2) is 12.4 Å². The monoisotopic (exact) mass is 495 g/mol. The van der Waals surface area contributed by atoms with E-state index >= 15 is 0 Å². The summed E-state index contributed by atoms with van der Waals surface area (Å²) in [5, 5.41) is 10.4. The number of hydrogen-bond donors (Lipinski definition) is 2. The number of rotatable bonds is 8. The number of piperidine rings is 1. The molecule has 0 bridgehead atoms. The smallest absolute Gasteiger partial charge is 0.369 e. The summed E-state index contributed by atoms with van der Waals surface area (Å²) in [6.45, 7) is 5.80. The summed E-state index contributed by atoms with van der Waals surface area (Å²) in [5.74, 6) is -0.233. The minimum Gasteiger partial charge on any atom is -0.369 e. The zero-order chi connectivity index (χ0) is 25.2. The number of anilines is 3. The first kappa shape index (κ1) is 25.0. The zero-order valence-corrected chi connectivity index (χ0v) is 20.3. The summed E-state index contributed by atoms with van der Waals surface area (Å²) in [6.07, 6.45) is 0.523. The molecule has 4 heterocycles. The van der Waals surface area contributed by atoms with Gasteiger partial charge < -0.3 is 25.3 Å². The lowest BCUT2D eigenvalue weighted by atomic mass is 10.1. The van der Waals surface area contributed by atoms with Crippen LogP contribution in [0.1, 0.15) is 36.6 Å². The Balaban J connectivity index is 1.42. The number of amides is 2. The van der Waals surface area contributed by atoms with Crippen molar-refractivity contribution in [1.82, 2.24) is 34.4 Å². The first-order valence-electron chi connectivity index (χ1n) is 11.8. The lowest BCUT2D eigenvalue weighted by Gasteiger charge is -2.28. The van der Waals surface area contributed by atoms with Crippen LogP contribution in [0.5, 0.6) is 0 Å². The van der Waals surface area contributed by atoms with Gasteiger partial charge in [0, 0.05) is 45.6 Å². The number of nitrogens with zero attached hydrogens (tertiary/aromatic N) is 7. The molecule has 2 aromatic heterocycles. The molecule has 13 heteroatoms. The minimum atomic E-state index is -4.59. The molecule has 2 saturated heterocycles. The highest BCUT2D eigenvalue weighted by molar-refractivity contribution is 5.76. The molecule has 2 N–H and O–H groups in total. The maximum Gasteiger partial charge on any atom is 0.421 e. The number of hydrogen-bond acceptors (Lipinski definition) is 7. The van der Waals surface area contributed by atoms with Gasteiger partial charge in [-0.05, 0) is 46.3 Å². The molecule has 4 rings (SSSR count). The average Bonchev–Trinajstić information content (AvgIpc) is 3.33. The van der Waals surface area contributed by atoms with Crippen molar-refractivity contribution >= 4 is 23.5 Å². The van der Waals surface area contributed by atoms with Crippen LogP contribution in [-0.4, -0.2) is 93.8 Å². The third-order valence-electron chi connectivity index (χ3n) is 6.52. The van der Waals surface area contributed by atoms with Gasteiger partial charge in [0.25, 0.3) is 0 Å². The molecular formula is C22H32F3N9O. The van der Waals surface area contributed by atoms with E-state index in [-0.39, 0.29) is 30.4 Å². The van der Waals surface area contributed by atoms with Gasteiger partial charge in [0.05, 0.1) is 17.4 Å². The topological polar surface area (TPSA) is 94.5 Å². The van der Waals surface area contributed by atoms with Crippen LogP contribution in [0.25, 0.3) is 0 Å². The Hall–Kier alpha value is -3.09. The molecule has 0 atom stereocenters. The van der Waals surface area contributed by atoms with Gasteiger partial charge in [0.2, 0.25) is 5.95 Å². The van der Waals surface area contributed by atoms with Crippen molar-refractivity contribution in [2.24, 2.45) is 0 Å². The van der Waals surface area contributed by atoms with Crippen molar-refractivity contribution in [2.45, 2.75) is 38.4 Å². The number of carbonyl (C=O) groups excluding carboxylic acids is 1. The highest BCUT2D eigenvalue weighted by Crippen LogP contribution is 2.34. The number of aromatic nitrogens is 4. The molecule has 2 amide bonds. The second-order valence-electron chi connectivity index (χ2n) is 9.19. The second-order valence-corrected chi connectivity index (χ2v) is 9.19. The number of halogens is 3. The summed E-state index contributed by atoms with van der Waals surface area (Å²) in [7, 11) is 3.82. The van der Waals surface area contributed by atoms with Gasteiger partial charge >= 0.3 is 12.2 Å². The van der Waals surface area contributed by atoms with E-state index in [0.717, 1.165) is 37.8 Å². The number of carbonyl (C=O) groups is 1. The number of nitrogens with one attached hydrogen (secondary N) is 2. The standard InChI is InChI=1S/C22H32F3N9O/c1-15-18(14-34(30-15)16-5-9-31(2)10-6-16)28-20-27-13-17(22(23,24)25)19(29-20)26-7-4-8-33-12-11-32(3)21(33)35/h13-14,16H,4-12H2,1-3H3,(H2,26,27,28,29). The fourth-order valence-electron chi connectivity index (χ4n) is 4.34. The van der Waals surface area contributed by atoms with Crippen LogP contribution in [-0.2, 0) is 6.18 Å². The van der Waals surface area contributed by atoms with E-state index in [1.165, 1.54) is 0 Å². The number of likely N-dealkylation sites (tertiary alicyclic amines) is 1. The van der Waals surface area contributed by atoms with E-state index in [2.05, 4.69) is 37.6 Å². The molecule has 0 radical (unpaired) electrons. The molecule has 0 unspecified atom stereocenters. The molecule has 2 aromatic rings. The van der Waals surface area contributed by atoms with Gasteiger partial charge in [-0.25, -0.2) is 9.78 Å². The van der Waals surface area contributed by atoms with Crippen LogP contribution < -0.4 is 10.6 Å². The SMILES string of the molecule is Cc1nn(C2CCN(C)CC2)cc1Nc1ncc(C(F)(F)F)c(NCCCN2CCN(C)C2=O)n1. The van der Waals surface area contributed by atoms with E-state index in [9.17, 15) is 18.0 Å². The predicted molar refractivity (Wildman–Crippen MR) is 126 cm³/mol. The molecule has 2 fully saturated rings. The molecular weight excluding hydrogens is 463 g/mol. The Kier molecular flexibility index (Phi) is 7.33. The van der Waals surface area contributed by atoms with Gasteiger partial charge in [-0.2, -0.15) is 23.3 Å². The summed E-state index contributed by atoms with van der Waals surface area (Å²) in [5.41, 5.74) is 0.451. The van der Waals surface area contributed by atoms with Crippen LogP contribution in [0.3, 0.4) is 0 Å². The van der Waals surface area contributed by atoms with E-state index in [1.807, 2.05) is 17.8 Å². The van der Waals surface area contributed by atoms with Crippen LogP contribution in [0.2, 0.25) is 0 Å². The zero-order valence-electron chi connectivity index (χ0n) is 20.3. The Morgan fingerprint density at radius 1 is 1.14 bits per heavy atom. The summed E-state index contributed by atoms with van der Waals surface area (Å²) in [6, 6.07) is 0.221. The normalized spacial score (nSPS) is 17.9. The number of alkyl halides is 3. The molecule has 0 spiro atoms. The summed E-state index contributed by atoms with van der Waals surface area (Å²) in [4.78, 5) is 25.6. The molecule has 35 heavy (non-hydrogen) atoms. The maximum atomic E-state index is 13.5. The van der Waals surface area contributed by atoms with Crippen molar-refractivity contribution in [3.8, 4) is 0 Å². The fraction of sp³-hybridized carbons (Fsp3) is 0.636. The van der Waals surface area contributed by atoms with Crippen molar-refractivity contribution in [3.05, 3.63) is 23.7 Å². The van der Waals surface area contributed by atoms with Gasteiger partial charge in [0.1, 0.15) is 11.4 Å². The fourth-order valence-corrected chi connectivity index (χ4v) is 4.34. The molecule has 10 nitrogen and oxygen atoms in total. The number of urea groups is 1. The molecule has 0 aromatic carbocycles. The van der Waals surface area contributed by atoms with Crippen molar-refractivity contribution in [3.63, 3.8) is 0 Å². The predicted octanol–water partition coefficient (Wildman–Crippen LogP) is 3.18. The Labute approximate surface area is 202 Å². The number of aryl methyl sites for hydroxylation is 1. The molecule has 2 aliphatic heterocycles. The third kappa shape index (κ3) is 5.95. The van der Waals surface area contributed by atoms with E-state index in [1.54, 1.807) is 16.8 Å². The van der Waals surface area contributed by atoms with Gasteiger partial charge in [-0.15, -0.1) is 0 Å². The van der Waals surface area contributed by atoms with E-state index in [4.69, 9.17) is 0 Å². The van der Waals surface area contributed by atoms with Crippen LogP contribution >= 0.6 is 0 Å². The first-order chi connectivity index (χ1) is 16.6. The first-order valence-corrected chi connectivity index (χ1v) is 11.8.